The Bertz CT molecular complexity index is 1240. The lowest BCUT2D eigenvalue weighted by atomic mass is 9.87. The van der Waals surface area contributed by atoms with Gasteiger partial charge in [0.25, 0.3) is 0 Å². The molecule has 2 N–H and O–H groups in total. The van der Waals surface area contributed by atoms with Crippen molar-refractivity contribution in [3.8, 4) is 0 Å². The van der Waals surface area contributed by atoms with Gasteiger partial charge in [-0.05, 0) is 50.7 Å². The fourth-order valence-electron chi connectivity index (χ4n) is 5.15. The van der Waals surface area contributed by atoms with E-state index in [1.807, 2.05) is 53.5 Å². The van der Waals surface area contributed by atoms with Crippen LogP contribution in [0.15, 0.2) is 78.6 Å². The number of carbonyl (C=O) groups is 2. The van der Waals surface area contributed by atoms with Gasteiger partial charge in [0.15, 0.2) is 5.78 Å². The number of aromatic amines is 1. The van der Waals surface area contributed by atoms with Crippen LogP contribution in [-0.2, 0) is 16.0 Å². The third kappa shape index (κ3) is 4.29. The fourth-order valence-corrected chi connectivity index (χ4v) is 5.15. The SMILES string of the molecule is CN1CCC(C(=O)C2C=CC=C(NC=O)N2c2c(Cc3ccccc3)[nH]c3ccccc23)CC1. The first-order valence-corrected chi connectivity index (χ1v) is 11.9. The van der Waals surface area contributed by atoms with E-state index in [1.54, 1.807) is 0 Å². The van der Waals surface area contributed by atoms with Crippen LogP contribution in [0.3, 0.4) is 0 Å². The van der Waals surface area contributed by atoms with Crippen molar-refractivity contribution >= 4 is 28.8 Å². The number of para-hydroxylation sites is 1. The topological polar surface area (TPSA) is 68.4 Å². The van der Waals surface area contributed by atoms with Crippen LogP contribution in [0.1, 0.15) is 24.1 Å². The largest absolute Gasteiger partial charge is 0.356 e. The zero-order valence-electron chi connectivity index (χ0n) is 19.4. The van der Waals surface area contributed by atoms with E-state index in [0.717, 1.165) is 48.2 Å². The number of carbonyl (C=O) groups excluding carboxylic acids is 2. The molecule has 2 aromatic carbocycles. The van der Waals surface area contributed by atoms with E-state index in [2.05, 4.69) is 46.5 Å². The lowest BCUT2D eigenvalue weighted by Gasteiger charge is -2.38. The van der Waals surface area contributed by atoms with E-state index in [4.69, 9.17) is 0 Å². The zero-order chi connectivity index (χ0) is 23.5. The quantitative estimate of drug-likeness (QED) is 0.530. The van der Waals surface area contributed by atoms with Crippen LogP contribution in [-0.4, -0.2) is 48.3 Å². The second kappa shape index (κ2) is 9.69. The summed E-state index contributed by atoms with van der Waals surface area (Å²) < 4.78 is 0. The number of benzene rings is 2. The molecule has 1 saturated heterocycles. The number of anilines is 1. The molecule has 3 aromatic rings. The average Bonchev–Trinajstić information content (AvgIpc) is 3.22. The van der Waals surface area contributed by atoms with Gasteiger partial charge in [0.05, 0.1) is 5.69 Å². The Balaban J connectivity index is 1.60. The molecule has 1 aromatic heterocycles. The van der Waals surface area contributed by atoms with Crippen molar-refractivity contribution in [2.75, 3.05) is 25.0 Å². The summed E-state index contributed by atoms with van der Waals surface area (Å²) >= 11 is 0. The van der Waals surface area contributed by atoms with Crippen LogP contribution in [0.2, 0.25) is 0 Å². The van der Waals surface area contributed by atoms with Gasteiger partial charge in [-0.2, -0.15) is 0 Å². The van der Waals surface area contributed by atoms with E-state index in [0.29, 0.717) is 18.7 Å². The summed E-state index contributed by atoms with van der Waals surface area (Å²) in [4.78, 5) is 33.3. The van der Waals surface area contributed by atoms with Gasteiger partial charge in [-0.25, -0.2) is 0 Å². The van der Waals surface area contributed by atoms with Crippen molar-refractivity contribution in [2.45, 2.75) is 25.3 Å². The minimum absolute atomic E-state index is 0.00621. The molecule has 3 heterocycles. The maximum absolute atomic E-state index is 13.9. The Hall–Kier alpha value is -3.64. The first-order valence-electron chi connectivity index (χ1n) is 11.9. The van der Waals surface area contributed by atoms with Crippen LogP contribution in [0.4, 0.5) is 5.69 Å². The van der Waals surface area contributed by atoms with Gasteiger partial charge >= 0.3 is 0 Å². The Labute approximate surface area is 199 Å². The van der Waals surface area contributed by atoms with E-state index in [-0.39, 0.29) is 11.7 Å². The molecule has 6 nitrogen and oxygen atoms in total. The maximum atomic E-state index is 13.9. The normalized spacial score (nSPS) is 19.3. The number of H-pyrrole nitrogens is 1. The van der Waals surface area contributed by atoms with E-state index in [9.17, 15) is 9.59 Å². The Morgan fingerprint density at radius 2 is 1.82 bits per heavy atom. The molecule has 1 fully saturated rings. The Morgan fingerprint density at radius 3 is 2.59 bits per heavy atom. The molecule has 0 bridgehead atoms. The van der Waals surface area contributed by atoms with E-state index >= 15 is 0 Å². The fraction of sp³-hybridized carbons (Fsp3) is 0.286. The van der Waals surface area contributed by atoms with Crippen LogP contribution < -0.4 is 10.2 Å². The number of allylic oxidation sites excluding steroid dienone is 2. The van der Waals surface area contributed by atoms with Gasteiger partial charge in [-0.1, -0.05) is 60.7 Å². The lowest BCUT2D eigenvalue weighted by molar-refractivity contribution is -0.124. The molecule has 0 radical (unpaired) electrons. The number of fused-ring (bicyclic) bond motifs is 1. The van der Waals surface area contributed by atoms with Crippen molar-refractivity contribution < 1.29 is 9.59 Å². The average molecular weight is 455 g/mol. The monoisotopic (exact) mass is 454 g/mol. The van der Waals surface area contributed by atoms with Gasteiger partial charge in [0.1, 0.15) is 11.9 Å². The van der Waals surface area contributed by atoms with Gasteiger partial charge in [-0.15, -0.1) is 0 Å². The van der Waals surface area contributed by atoms with Gasteiger partial charge in [-0.3, -0.25) is 9.59 Å². The number of Topliss-reactive ketones (excluding diaryl/α,β-unsaturated/α-hetero) is 1. The highest BCUT2D eigenvalue weighted by atomic mass is 16.1. The molecule has 34 heavy (non-hydrogen) atoms. The van der Waals surface area contributed by atoms with Crippen LogP contribution in [0.25, 0.3) is 10.9 Å². The summed E-state index contributed by atoms with van der Waals surface area (Å²) in [5, 5.41) is 3.89. The van der Waals surface area contributed by atoms with Crippen molar-refractivity contribution in [1.82, 2.24) is 15.2 Å². The number of amides is 1. The third-order valence-corrected chi connectivity index (χ3v) is 6.92. The second-order valence-corrected chi connectivity index (χ2v) is 9.15. The summed E-state index contributed by atoms with van der Waals surface area (Å²) in [7, 11) is 2.10. The smallest absolute Gasteiger partial charge is 0.212 e. The maximum Gasteiger partial charge on any atom is 0.212 e. The molecule has 174 valence electrons. The number of nitrogens with zero attached hydrogens (tertiary/aromatic N) is 2. The molecule has 6 heteroatoms. The summed E-state index contributed by atoms with van der Waals surface area (Å²) in [5.74, 6) is 0.827. The summed E-state index contributed by atoms with van der Waals surface area (Å²) in [6.07, 6.45) is 8.80. The standard InChI is InChI=1S/C28H30N4O2/c1-31-16-14-21(15-17-31)28(34)25-12-7-13-26(29-19-33)32(25)27-22-10-5-6-11-23(22)30-24(27)18-20-8-3-2-4-9-20/h2-13,19,21,25,30H,14-18H2,1H3,(H,29,33). The van der Waals surface area contributed by atoms with Crippen LogP contribution >= 0.6 is 0 Å². The molecule has 1 unspecified atom stereocenters. The van der Waals surface area contributed by atoms with Crippen molar-refractivity contribution in [3.05, 3.63) is 89.9 Å². The first-order chi connectivity index (χ1) is 16.7. The molecule has 2 aliphatic heterocycles. The number of likely N-dealkylation sites (tertiary alicyclic amines) is 1. The molecule has 0 saturated carbocycles. The predicted molar refractivity (Wildman–Crippen MR) is 135 cm³/mol. The highest BCUT2D eigenvalue weighted by Crippen LogP contribution is 2.38. The number of rotatable bonds is 7. The molecule has 5 rings (SSSR count). The molecular formula is C28H30N4O2. The molecule has 0 aliphatic carbocycles. The number of ketones is 1. The van der Waals surface area contributed by atoms with Crippen LogP contribution in [0.5, 0.6) is 0 Å². The summed E-state index contributed by atoms with van der Waals surface area (Å²) in [5.41, 5.74) is 4.14. The molecular weight excluding hydrogens is 424 g/mol. The molecule has 1 atom stereocenters. The molecule has 1 amide bonds. The van der Waals surface area contributed by atoms with Gasteiger partial charge < -0.3 is 20.1 Å². The number of piperidine rings is 1. The van der Waals surface area contributed by atoms with Crippen molar-refractivity contribution in [3.63, 3.8) is 0 Å². The molecule has 0 spiro atoms. The first kappa shape index (κ1) is 22.2. The minimum atomic E-state index is -0.477. The van der Waals surface area contributed by atoms with Crippen molar-refractivity contribution in [1.29, 1.82) is 0 Å². The summed E-state index contributed by atoms with van der Waals surface area (Å²) in [6, 6.07) is 18.0. The number of nitrogens with one attached hydrogen (secondary N) is 2. The molecule has 2 aliphatic rings. The van der Waals surface area contributed by atoms with Gasteiger partial charge in [0.2, 0.25) is 6.41 Å². The second-order valence-electron chi connectivity index (χ2n) is 9.15. The lowest BCUT2D eigenvalue weighted by Crippen LogP contribution is -2.48. The van der Waals surface area contributed by atoms with E-state index < -0.39 is 6.04 Å². The zero-order valence-corrected chi connectivity index (χ0v) is 19.4. The van der Waals surface area contributed by atoms with E-state index in [1.165, 1.54) is 5.56 Å². The Morgan fingerprint density at radius 1 is 1.09 bits per heavy atom. The van der Waals surface area contributed by atoms with Crippen LogP contribution in [0, 0.1) is 5.92 Å². The third-order valence-electron chi connectivity index (χ3n) is 6.92. The van der Waals surface area contributed by atoms with Gasteiger partial charge in [0, 0.05) is 28.9 Å². The Kier molecular flexibility index (Phi) is 6.32. The number of aromatic nitrogens is 1. The number of hydrogen-bond donors (Lipinski definition) is 2. The highest BCUT2D eigenvalue weighted by molar-refractivity contribution is 6.00. The minimum Gasteiger partial charge on any atom is -0.356 e. The highest BCUT2D eigenvalue weighted by Gasteiger charge is 2.36. The number of hydrogen-bond acceptors (Lipinski definition) is 4. The van der Waals surface area contributed by atoms with Crippen molar-refractivity contribution in [2.24, 2.45) is 5.92 Å². The predicted octanol–water partition coefficient (Wildman–Crippen LogP) is 4.00. The summed E-state index contributed by atoms with van der Waals surface area (Å²) in [6.45, 7) is 1.85.